The first-order chi connectivity index (χ1) is 12.5. The van der Waals surface area contributed by atoms with E-state index in [1.54, 1.807) is 25.4 Å². The zero-order valence-corrected chi connectivity index (χ0v) is 16.5. The van der Waals surface area contributed by atoms with Crippen molar-refractivity contribution in [3.8, 4) is 16.3 Å². The van der Waals surface area contributed by atoms with Gasteiger partial charge in [-0.3, -0.25) is 4.79 Å². The highest BCUT2D eigenvalue weighted by Gasteiger charge is 2.33. The Labute approximate surface area is 158 Å². The molecule has 3 rings (SSSR count). The SMILES string of the molecule is COc1ccccc1-c1ncc([C@@H]2C[C@H](NC(C)=O)C[C@H](C(C)C)O2)s1. The maximum absolute atomic E-state index is 11.5. The largest absolute Gasteiger partial charge is 0.496 e. The van der Waals surface area contributed by atoms with E-state index < -0.39 is 0 Å². The van der Waals surface area contributed by atoms with E-state index in [1.165, 1.54) is 0 Å². The van der Waals surface area contributed by atoms with Crippen molar-refractivity contribution in [3.05, 3.63) is 35.3 Å². The molecular formula is C20H26N2O3S. The van der Waals surface area contributed by atoms with Crippen LogP contribution in [0.5, 0.6) is 5.75 Å². The van der Waals surface area contributed by atoms with Gasteiger partial charge in [0.2, 0.25) is 5.91 Å². The molecule has 0 aliphatic carbocycles. The summed E-state index contributed by atoms with van der Waals surface area (Å²) >= 11 is 1.63. The van der Waals surface area contributed by atoms with Gasteiger partial charge < -0.3 is 14.8 Å². The topological polar surface area (TPSA) is 60.5 Å². The van der Waals surface area contributed by atoms with Gasteiger partial charge in [0.1, 0.15) is 10.8 Å². The number of thiazole rings is 1. The molecule has 5 nitrogen and oxygen atoms in total. The standard InChI is InChI=1S/C20H26N2O3S/c1-12(2)17-9-14(22-13(3)23)10-18(25-17)19-11-21-20(26-19)15-7-5-6-8-16(15)24-4/h5-8,11-12,14,17-18H,9-10H2,1-4H3,(H,22,23)/t14-,17-,18+/m1/s1. The molecule has 0 saturated carbocycles. The highest BCUT2D eigenvalue weighted by Crippen LogP contribution is 2.40. The number of rotatable bonds is 5. The first-order valence-electron chi connectivity index (χ1n) is 8.99. The Morgan fingerprint density at radius 1 is 1.35 bits per heavy atom. The average Bonchev–Trinajstić information content (AvgIpc) is 3.10. The molecule has 1 aromatic carbocycles. The molecule has 0 radical (unpaired) electrons. The predicted molar refractivity (Wildman–Crippen MR) is 103 cm³/mol. The van der Waals surface area contributed by atoms with Gasteiger partial charge in [0, 0.05) is 19.2 Å². The molecule has 1 aliphatic rings. The van der Waals surface area contributed by atoms with Crippen LogP contribution in [-0.4, -0.2) is 30.1 Å². The van der Waals surface area contributed by atoms with E-state index in [0.717, 1.165) is 34.0 Å². The number of carbonyl (C=O) groups is 1. The Hall–Kier alpha value is -1.92. The zero-order valence-electron chi connectivity index (χ0n) is 15.7. The summed E-state index contributed by atoms with van der Waals surface area (Å²) in [5, 5.41) is 3.99. The van der Waals surface area contributed by atoms with E-state index in [1.807, 2.05) is 30.5 Å². The summed E-state index contributed by atoms with van der Waals surface area (Å²) in [4.78, 5) is 17.2. The van der Waals surface area contributed by atoms with Gasteiger partial charge >= 0.3 is 0 Å². The van der Waals surface area contributed by atoms with E-state index in [-0.39, 0.29) is 24.2 Å². The number of nitrogens with one attached hydrogen (secondary N) is 1. The third-order valence-corrected chi connectivity index (χ3v) is 5.81. The molecule has 26 heavy (non-hydrogen) atoms. The lowest BCUT2D eigenvalue weighted by Crippen LogP contribution is -2.43. The molecule has 6 heteroatoms. The van der Waals surface area contributed by atoms with E-state index >= 15 is 0 Å². The van der Waals surface area contributed by atoms with Crippen LogP contribution in [0.2, 0.25) is 0 Å². The van der Waals surface area contributed by atoms with Gasteiger partial charge in [-0.2, -0.15) is 0 Å². The molecule has 0 bridgehead atoms. The third kappa shape index (κ3) is 4.24. The molecule has 1 fully saturated rings. The molecule has 3 atom stereocenters. The number of nitrogens with zero attached hydrogens (tertiary/aromatic N) is 1. The molecule has 2 aromatic rings. The number of benzene rings is 1. The normalized spacial score (nSPS) is 23.0. The van der Waals surface area contributed by atoms with Crippen molar-refractivity contribution < 1.29 is 14.3 Å². The molecule has 0 spiro atoms. The number of ether oxygens (including phenoxy) is 2. The second-order valence-electron chi connectivity index (χ2n) is 7.04. The van der Waals surface area contributed by atoms with E-state index in [9.17, 15) is 4.79 Å². The average molecular weight is 375 g/mol. The van der Waals surface area contributed by atoms with Crippen LogP contribution < -0.4 is 10.1 Å². The zero-order chi connectivity index (χ0) is 18.7. The summed E-state index contributed by atoms with van der Waals surface area (Å²) in [5.74, 6) is 1.22. The van der Waals surface area contributed by atoms with Crippen LogP contribution in [-0.2, 0) is 9.53 Å². The van der Waals surface area contributed by atoms with Gasteiger partial charge in [0.05, 0.1) is 29.8 Å². The van der Waals surface area contributed by atoms with Crippen molar-refractivity contribution in [1.82, 2.24) is 10.3 Å². The Morgan fingerprint density at radius 2 is 2.12 bits per heavy atom. The number of amides is 1. The number of methoxy groups -OCH3 is 1. The molecule has 1 N–H and O–H groups in total. The molecule has 140 valence electrons. The van der Waals surface area contributed by atoms with Crippen molar-refractivity contribution in [2.75, 3.05) is 7.11 Å². The summed E-state index contributed by atoms with van der Waals surface area (Å²) in [5.41, 5.74) is 0.987. The second kappa shape index (κ2) is 8.18. The second-order valence-corrected chi connectivity index (χ2v) is 8.11. The number of carbonyl (C=O) groups excluding carboxylic acids is 1. The summed E-state index contributed by atoms with van der Waals surface area (Å²) in [7, 11) is 1.67. The summed E-state index contributed by atoms with van der Waals surface area (Å²) in [6.07, 6.45) is 3.60. The minimum absolute atomic E-state index is 0.0113. The molecule has 2 heterocycles. The monoisotopic (exact) mass is 374 g/mol. The van der Waals surface area contributed by atoms with Crippen LogP contribution >= 0.6 is 11.3 Å². The Kier molecular flexibility index (Phi) is 5.94. The van der Waals surface area contributed by atoms with Gasteiger partial charge in [0.15, 0.2) is 0 Å². The number of para-hydroxylation sites is 1. The Balaban J connectivity index is 1.83. The Morgan fingerprint density at radius 3 is 2.81 bits per heavy atom. The van der Waals surface area contributed by atoms with Crippen LogP contribution in [0.15, 0.2) is 30.5 Å². The molecular weight excluding hydrogens is 348 g/mol. The van der Waals surface area contributed by atoms with Crippen molar-refractivity contribution in [1.29, 1.82) is 0 Å². The predicted octanol–water partition coefficient (Wildman–Crippen LogP) is 4.20. The van der Waals surface area contributed by atoms with Crippen molar-refractivity contribution in [2.45, 2.75) is 51.9 Å². The summed E-state index contributed by atoms with van der Waals surface area (Å²) in [6.45, 7) is 5.89. The number of hydrogen-bond donors (Lipinski definition) is 1. The molecule has 1 aliphatic heterocycles. The van der Waals surface area contributed by atoms with Gasteiger partial charge in [0.25, 0.3) is 0 Å². The van der Waals surface area contributed by atoms with Crippen LogP contribution in [0.1, 0.15) is 44.6 Å². The molecule has 1 saturated heterocycles. The first-order valence-corrected chi connectivity index (χ1v) is 9.81. The van der Waals surface area contributed by atoms with E-state index in [4.69, 9.17) is 9.47 Å². The summed E-state index contributed by atoms with van der Waals surface area (Å²) in [6, 6.07) is 8.02. The number of hydrogen-bond acceptors (Lipinski definition) is 5. The van der Waals surface area contributed by atoms with Gasteiger partial charge in [-0.25, -0.2) is 4.98 Å². The summed E-state index contributed by atoms with van der Waals surface area (Å²) < 4.78 is 11.8. The maximum atomic E-state index is 11.5. The van der Waals surface area contributed by atoms with Crippen molar-refractivity contribution in [2.24, 2.45) is 5.92 Å². The van der Waals surface area contributed by atoms with Gasteiger partial charge in [-0.05, 0) is 30.9 Å². The van der Waals surface area contributed by atoms with Crippen molar-refractivity contribution >= 4 is 17.2 Å². The lowest BCUT2D eigenvalue weighted by molar-refractivity contribution is -0.123. The molecule has 1 aromatic heterocycles. The van der Waals surface area contributed by atoms with Crippen molar-refractivity contribution in [3.63, 3.8) is 0 Å². The Bertz CT molecular complexity index is 759. The highest BCUT2D eigenvalue weighted by molar-refractivity contribution is 7.15. The first kappa shape index (κ1) is 18.9. The van der Waals surface area contributed by atoms with Crippen LogP contribution in [0.25, 0.3) is 10.6 Å². The van der Waals surface area contributed by atoms with Crippen LogP contribution in [0.4, 0.5) is 0 Å². The third-order valence-electron chi connectivity index (χ3n) is 4.68. The fourth-order valence-corrected chi connectivity index (χ4v) is 4.35. The number of aromatic nitrogens is 1. The fraction of sp³-hybridized carbons (Fsp3) is 0.500. The minimum atomic E-state index is -0.0473. The lowest BCUT2D eigenvalue weighted by atomic mass is 9.92. The quantitative estimate of drug-likeness (QED) is 0.852. The highest BCUT2D eigenvalue weighted by atomic mass is 32.1. The smallest absolute Gasteiger partial charge is 0.217 e. The van der Waals surface area contributed by atoms with Gasteiger partial charge in [-0.15, -0.1) is 11.3 Å². The fourth-order valence-electron chi connectivity index (χ4n) is 3.36. The minimum Gasteiger partial charge on any atom is -0.496 e. The molecule has 0 unspecified atom stereocenters. The lowest BCUT2D eigenvalue weighted by Gasteiger charge is -2.37. The van der Waals surface area contributed by atoms with E-state index in [2.05, 4.69) is 24.1 Å². The van der Waals surface area contributed by atoms with Crippen LogP contribution in [0, 0.1) is 5.92 Å². The van der Waals surface area contributed by atoms with E-state index in [0.29, 0.717) is 5.92 Å². The van der Waals surface area contributed by atoms with Gasteiger partial charge in [-0.1, -0.05) is 26.0 Å². The molecule has 1 amide bonds. The van der Waals surface area contributed by atoms with Crippen LogP contribution in [0.3, 0.4) is 0 Å². The maximum Gasteiger partial charge on any atom is 0.217 e.